The van der Waals surface area contributed by atoms with E-state index in [2.05, 4.69) is 30.9 Å². The second-order valence-corrected chi connectivity index (χ2v) is 11.2. The van der Waals surface area contributed by atoms with Crippen molar-refractivity contribution in [2.45, 2.75) is 37.3 Å². The first kappa shape index (κ1) is 25.8. The van der Waals surface area contributed by atoms with Gasteiger partial charge in [-0.05, 0) is 74.9 Å². The van der Waals surface area contributed by atoms with Crippen LogP contribution >= 0.6 is 0 Å². The van der Waals surface area contributed by atoms with E-state index in [1.165, 1.54) is 0 Å². The standard InChI is InChI=1S/C27H28N6O3S/c1-18(2)37(35,36)23-13-7-20(8-14-23)16-27(34)32-22-11-9-21(10-12-22)31-25-17-26(30-19(3)29-25)33-24-6-4-5-15-28-24/h4-15,17-18H,16H2,1-3H3,(H,32,34)(H2,28,29,30,31,33). The molecule has 0 radical (unpaired) electrons. The Kier molecular flexibility index (Phi) is 7.78. The van der Waals surface area contributed by atoms with Crippen LogP contribution in [-0.4, -0.2) is 34.5 Å². The number of carbonyl (C=O) groups excluding carboxylic acids is 1. The highest BCUT2D eigenvalue weighted by Crippen LogP contribution is 2.22. The first-order valence-electron chi connectivity index (χ1n) is 11.7. The summed E-state index contributed by atoms with van der Waals surface area (Å²) in [4.78, 5) is 25.8. The Balaban J connectivity index is 1.35. The van der Waals surface area contributed by atoms with Crippen LogP contribution in [0, 0.1) is 6.92 Å². The van der Waals surface area contributed by atoms with Crippen molar-refractivity contribution in [1.82, 2.24) is 15.0 Å². The molecule has 0 aliphatic carbocycles. The van der Waals surface area contributed by atoms with E-state index in [9.17, 15) is 13.2 Å². The third-order valence-corrected chi connectivity index (χ3v) is 7.61. The van der Waals surface area contributed by atoms with E-state index in [0.29, 0.717) is 29.0 Å². The monoisotopic (exact) mass is 516 g/mol. The molecule has 37 heavy (non-hydrogen) atoms. The molecule has 10 heteroatoms. The lowest BCUT2D eigenvalue weighted by molar-refractivity contribution is -0.115. The Labute approximate surface area is 216 Å². The van der Waals surface area contributed by atoms with E-state index in [1.54, 1.807) is 62.5 Å². The number of benzene rings is 2. The topological polar surface area (TPSA) is 126 Å². The molecule has 2 aromatic carbocycles. The van der Waals surface area contributed by atoms with Gasteiger partial charge in [-0.25, -0.2) is 23.4 Å². The zero-order valence-electron chi connectivity index (χ0n) is 20.8. The number of carbonyl (C=O) groups is 1. The Morgan fingerprint density at radius 1 is 0.838 bits per heavy atom. The van der Waals surface area contributed by atoms with Crippen molar-refractivity contribution >= 4 is 44.6 Å². The summed E-state index contributed by atoms with van der Waals surface area (Å²) in [6.45, 7) is 5.10. The summed E-state index contributed by atoms with van der Waals surface area (Å²) in [6, 6.07) is 21.1. The summed E-state index contributed by atoms with van der Waals surface area (Å²) >= 11 is 0. The molecule has 190 valence electrons. The molecule has 9 nitrogen and oxygen atoms in total. The number of nitrogens with zero attached hydrogens (tertiary/aromatic N) is 3. The van der Waals surface area contributed by atoms with Crippen LogP contribution in [0.15, 0.2) is 83.9 Å². The molecule has 0 fully saturated rings. The van der Waals surface area contributed by atoms with Crippen LogP contribution in [-0.2, 0) is 21.1 Å². The van der Waals surface area contributed by atoms with E-state index >= 15 is 0 Å². The van der Waals surface area contributed by atoms with Crippen molar-refractivity contribution < 1.29 is 13.2 Å². The third-order valence-electron chi connectivity index (χ3n) is 5.44. The summed E-state index contributed by atoms with van der Waals surface area (Å²) in [5.74, 6) is 2.32. The zero-order chi connectivity index (χ0) is 26.4. The SMILES string of the molecule is Cc1nc(Nc2ccc(NC(=O)Cc3ccc(S(=O)(=O)C(C)C)cc3)cc2)cc(Nc2ccccn2)n1. The fraction of sp³-hybridized carbons (Fsp3) is 0.185. The molecule has 3 N–H and O–H groups in total. The number of aromatic nitrogens is 3. The van der Waals surface area contributed by atoms with Crippen molar-refractivity contribution in [2.75, 3.05) is 16.0 Å². The number of anilines is 5. The van der Waals surface area contributed by atoms with Crippen LogP contribution < -0.4 is 16.0 Å². The summed E-state index contributed by atoms with van der Waals surface area (Å²) in [7, 11) is -3.34. The maximum atomic E-state index is 12.5. The Morgan fingerprint density at radius 3 is 2.11 bits per heavy atom. The van der Waals surface area contributed by atoms with Gasteiger partial charge in [0.1, 0.15) is 23.3 Å². The molecule has 2 aromatic heterocycles. The van der Waals surface area contributed by atoms with Gasteiger partial charge < -0.3 is 16.0 Å². The quantitative estimate of drug-likeness (QED) is 0.283. The van der Waals surface area contributed by atoms with E-state index in [-0.39, 0.29) is 17.2 Å². The van der Waals surface area contributed by atoms with Crippen LogP contribution in [0.4, 0.5) is 28.8 Å². The van der Waals surface area contributed by atoms with Gasteiger partial charge in [0, 0.05) is 23.6 Å². The molecule has 0 spiro atoms. The lowest BCUT2D eigenvalue weighted by Gasteiger charge is -2.11. The summed E-state index contributed by atoms with van der Waals surface area (Å²) in [5.41, 5.74) is 2.17. The summed E-state index contributed by atoms with van der Waals surface area (Å²) < 4.78 is 24.5. The normalized spacial score (nSPS) is 11.2. The second kappa shape index (κ2) is 11.2. The van der Waals surface area contributed by atoms with E-state index in [0.717, 1.165) is 11.3 Å². The highest BCUT2D eigenvalue weighted by atomic mass is 32.2. The lowest BCUT2D eigenvalue weighted by atomic mass is 10.1. The molecular formula is C27H28N6O3S. The van der Waals surface area contributed by atoms with Gasteiger partial charge >= 0.3 is 0 Å². The van der Waals surface area contributed by atoms with Crippen LogP contribution in [0.2, 0.25) is 0 Å². The zero-order valence-corrected chi connectivity index (χ0v) is 21.6. The van der Waals surface area contributed by atoms with Crippen molar-refractivity contribution in [1.29, 1.82) is 0 Å². The molecule has 2 heterocycles. The number of hydrogen-bond acceptors (Lipinski definition) is 8. The largest absolute Gasteiger partial charge is 0.340 e. The first-order chi connectivity index (χ1) is 17.7. The Hall–Kier alpha value is -4.31. The number of amides is 1. The van der Waals surface area contributed by atoms with Crippen LogP contribution in [0.5, 0.6) is 0 Å². The van der Waals surface area contributed by atoms with Gasteiger partial charge in [-0.3, -0.25) is 4.79 Å². The molecule has 0 unspecified atom stereocenters. The van der Waals surface area contributed by atoms with Gasteiger partial charge in [0.15, 0.2) is 9.84 Å². The van der Waals surface area contributed by atoms with Gasteiger partial charge in [0.05, 0.1) is 16.6 Å². The predicted octanol–water partition coefficient (Wildman–Crippen LogP) is 5.03. The number of hydrogen-bond donors (Lipinski definition) is 3. The number of sulfone groups is 1. The van der Waals surface area contributed by atoms with Gasteiger partial charge in [0.25, 0.3) is 0 Å². The van der Waals surface area contributed by atoms with E-state index < -0.39 is 15.1 Å². The highest BCUT2D eigenvalue weighted by Gasteiger charge is 2.18. The minimum atomic E-state index is -3.34. The van der Waals surface area contributed by atoms with Crippen LogP contribution in [0.1, 0.15) is 25.2 Å². The smallest absolute Gasteiger partial charge is 0.228 e. The third kappa shape index (κ3) is 6.89. The lowest BCUT2D eigenvalue weighted by Crippen LogP contribution is -2.15. The minimum Gasteiger partial charge on any atom is -0.340 e. The van der Waals surface area contributed by atoms with Crippen molar-refractivity contribution in [3.63, 3.8) is 0 Å². The number of nitrogens with one attached hydrogen (secondary N) is 3. The van der Waals surface area contributed by atoms with Crippen LogP contribution in [0.25, 0.3) is 0 Å². The van der Waals surface area contributed by atoms with Gasteiger partial charge in [0.2, 0.25) is 5.91 Å². The fourth-order valence-electron chi connectivity index (χ4n) is 3.51. The number of rotatable bonds is 9. The number of pyridine rings is 1. The molecule has 4 rings (SSSR count). The first-order valence-corrected chi connectivity index (χ1v) is 13.3. The Morgan fingerprint density at radius 2 is 1.49 bits per heavy atom. The van der Waals surface area contributed by atoms with E-state index in [4.69, 9.17) is 0 Å². The highest BCUT2D eigenvalue weighted by molar-refractivity contribution is 7.92. The van der Waals surface area contributed by atoms with Crippen molar-refractivity contribution in [3.8, 4) is 0 Å². The second-order valence-electron chi connectivity index (χ2n) is 8.69. The van der Waals surface area contributed by atoms with E-state index in [1.807, 2.05) is 37.3 Å². The maximum absolute atomic E-state index is 12.5. The predicted molar refractivity (Wildman–Crippen MR) is 145 cm³/mol. The molecule has 0 bridgehead atoms. The molecule has 0 atom stereocenters. The molecule has 0 saturated carbocycles. The van der Waals surface area contributed by atoms with Crippen molar-refractivity contribution in [3.05, 3.63) is 90.4 Å². The molecule has 1 amide bonds. The fourth-order valence-corrected chi connectivity index (χ4v) is 4.57. The molecular weight excluding hydrogens is 488 g/mol. The molecule has 0 aliphatic rings. The summed E-state index contributed by atoms with van der Waals surface area (Å²) in [6.07, 6.45) is 1.83. The number of aryl methyl sites for hydroxylation is 1. The molecule has 0 aliphatic heterocycles. The summed E-state index contributed by atoms with van der Waals surface area (Å²) in [5, 5.41) is 8.77. The maximum Gasteiger partial charge on any atom is 0.228 e. The van der Waals surface area contributed by atoms with Crippen molar-refractivity contribution in [2.24, 2.45) is 0 Å². The average Bonchev–Trinajstić information content (AvgIpc) is 2.86. The van der Waals surface area contributed by atoms with Crippen LogP contribution in [0.3, 0.4) is 0 Å². The minimum absolute atomic E-state index is 0.133. The Bertz CT molecular complexity index is 1470. The molecule has 4 aromatic rings. The van der Waals surface area contributed by atoms with Gasteiger partial charge in [-0.1, -0.05) is 18.2 Å². The van der Waals surface area contributed by atoms with Gasteiger partial charge in [-0.15, -0.1) is 0 Å². The molecule has 0 saturated heterocycles. The van der Waals surface area contributed by atoms with Gasteiger partial charge in [-0.2, -0.15) is 0 Å². The average molecular weight is 517 g/mol.